The summed E-state index contributed by atoms with van der Waals surface area (Å²) in [5, 5.41) is 3.56. The maximum atomic E-state index is 12.2. The average molecular weight is 315 g/mol. The number of hydrogen-bond acceptors (Lipinski definition) is 3. The molecule has 0 saturated carbocycles. The minimum atomic E-state index is -0.270. The molecule has 1 saturated heterocycles. The topological polar surface area (TPSA) is 32.3 Å². The predicted molar refractivity (Wildman–Crippen MR) is 85.2 cm³/mol. The van der Waals surface area contributed by atoms with Crippen molar-refractivity contribution in [3.05, 3.63) is 21.3 Å². The Balaban J connectivity index is 1.76. The molecule has 0 spiro atoms. The van der Waals surface area contributed by atoms with Crippen LogP contribution in [-0.4, -0.2) is 29.9 Å². The Bertz CT molecular complexity index is 459. The summed E-state index contributed by atoms with van der Waals surface area (Å²) in [6.45, 7) is 8.55. The quantitative estimate of drug-likeness (QED) is 0.925. The third-order valence-corrected chi connectivity index (χ3v) is 4.85. The molecule has 0 radical (unpaired) electrons. The predicted octanol–water partition coefficient (Wildman–Crippen LogP) is 3.53. The van der Waals surface area contributed by atoms with Gasteiger partial charge in [-0.3, -0.25) is 4.79 Å². The normalized spacial score (nSPS) is 17.5. The van der Waals surface area contributed by atoms with E-state index in [1.165, 1.54) is 4.88 Å². The van der Waals surface area contributed by atoms with Gasteiger partial charge in [0.25, 0.3) is 0 Å². The van der Waals surface area contributed by atoms with Crippen molar-refractivity contribution in [1.82, 2.24) is 10.2 Å². The van der Waals surface area contributed by atoms with Crippen LogP contribution in [0.4, 0.5) is 0 Å². The van der Waals surface area contributed by atoms with E-state index in [0.29, 0.717) is 6.04 Å². The van der Waals surface area contributed by atoms with Crippen molar-refractivity contribution in [3.8, 4) is 0 Å². The van der Waals surface area contributed by atoms with E-state index in [9.17, 15) is 4.79 Å². The van der Waals surface area contributed by atoms with Crippen molar-refractivity contribution in [1.29, 1.82) is 0 Å². The first kappa shape index (κ1) is 15.8. The van der Waals surface area contributed by atoms with Crippen LogP contribution in [0.25, 0.3) is 0 Å². The van der Waals surface area contributed by atoms with Gasteiger partial charge in [-0.05, 0) is 25.0 Å². The zero-order valence-corrected chi connectivity index (χ0v) is 14.0. The van der Waals surface area contributed by atoms with Crippen LogP contribution in [0.1, 0.15) is 38.5 Å². The van der Waals surface area contributed by atoms with Gasteiger partial charge in [-0.2, -0.15) is 0 Å². The second-order valence-corrected chi connectivity index (χ2v) is 8.20. The lowest BCUT2D eigenvalue weighted by Crippen LogP contribution is -2.48. The van der Waals surface area contributed by atoms with Crippen LogP contribution in [0.3, 0.4) is 0 Å². The molecule has 2 rings (SSSR count). The van der Waals surface area contributed by atoms with Crippen LogP contribution < -0.4 is 5.32 Å². The summed E-state index contributed by atoms with van der Waals surface area (Å²) in [6.07, 6.45) is 2.06. The number of carbonyl (C=O) groups is 1. The fraction of sp³-hybridized carbons (Fsp3) is 0.667. The molecule has 0 aliphatic carbocycles. The molecule has 1 aliphatic rings. The zero-order valence-electron chi connectivity index (χ0n) is 12.4. The monoisotopic (exact) mass is 314 g/mol. The highest BCUT2D eigenvalue weighted by molar-refractivity contribution is 7.16. The van der Waals surface area contributed by atoms with Crippen molar-refractivity contribution in [2.75, 3.05) is 13.1 Å². The molecule has 0 bridgehead atoms. The maximum absolute atomic E-state index is 12.2. The molecule has 0 unspecified atom stereocenters. The van der Waals surface area contributed by atoms with E-state index in [1.54, 1.807) is 11.3 Å². The number of halogens is 1. The number of hydrogen-bond donors (Lipinski definition) is 1. The first-order valence-corrected chi connectivity index (χ1v) is 8.32. The molecule has 1 aliphatic heterocycles. The Labute approximate surface area is 130 Å². The van der Waals surface area contributed by atoms with E-state index in [-0.39, 0.29) is 11.3 Å². The fourth-order valence-corrected chi connectivity index (χ4v) is 3.49. The van der Waals surface area contributed by atoms with Gasteiger partial charge in [0.1, 0.15) is 0 Å². The van der Waals surface area contributed by atoms with E-state index in [0.717, 1.165) is 36.8 Å². The largest absolute Gasteiger partial charge is 0.342 e. The second-order valence-electron chi connectivity index (χ2n) is 6.40. The van der Waals surface area contributed by atoms with Gasteiger partial charge in [0.05, 0.1) is 4.34 Å². The van der Waals surface area contributed by atoms with Gasteiger partial charge >= 0.3 is 0 Å². The van der Waals surface area contributed by atoms with E-state index in [4.69, 9.17) is 11.6 Å². The lowest BCUT2D eigenvalue weighted by atomic mass is 9.93. The molecular formula is C15H23ClN2OS. The molecule has 0 aromatic carbocycles. The highest BCUT2D eigenvalue weighted by atomic mass is 35.5. The van der Waals surface area contributed by atoms with Gasteiger partial charge in [-0.1, -0.05) is 32.4 Å². The third kappa shape index (κ3) is 4.21. The first-order chi connectivity index (χ1) is 9.36. The maximum Gasteiger partial charge on any atom is 0.227 e. The molecule has 1 aromatic rings. The van der Waals surface area contributed by atoms with Crippen LogP contribution in [0.15, 0.2) is 12.1 Å². The smallest absolute Gasteiger partial charge is 0.227 e. The first-order valence-electron chi connectivity index (χ1n) is 7.13. The molecule has 20 heavy (non-hydrogen) atoms. The van der Waals surface area contributed by atoms with Crippen molar-refractivity contribution in [2.24, 2.45) is 5.41 Å². The number of piperidine rings is 1. The second kappa shape index (κ2) is 6.46. The summed E-state index contributed by atoms with van der Waals surface area (Å²) < 4.78 is 0.840. The van der Waals surface area contributed by atoms with Crippen molar-refractivity contribution in [2.45, 2.75) is 46.2 Å². The van der Waals surface area contributed by atoms with E-state index in [1.807, 2.05) is 31.7 Å². The van der Waals surface area contributed by atoms with Crippen molar-refractivity contribution in [3.63, 3.8) is 0 Å². The summed E-state index contributed by atoms with van der Waals surface area (Å²) >= 11 is 7.55. The number of rotatable bonds is 3. The van der Waals surface area contributed by atoms with Crippen LogP contribution in [0.5, 0.6) is 0 Å². The Morgan fingerprint density at radius 1 is 1.40 bits per heavy atom. The van der Waals surface area contributed by atoms with Crippen LogP contribution >= 0.6 is 22.9 Å². The van der Waals surface area contributed by atoms with Gasteiger partial charge < -0.3 is 10.2 Å². The molecule has 5 heteroatoms. The van der Waals surface area contributed by atoms with E-state index in [2.05, 4.69) is 11.4 Å². The Morgan fingerprint density at radius 3 is 2.55 bits per heavy atom. The molecule has 0 atom stereocenters. The van der Waals surface area contributed by atoms with Gasteiger partial charge in [-0.25, -0.2) is 0 Å². The number of thiophene rings is 1. The van der Waals surface area contributed by atoms with Gasteiger partial charge in [0, 0.05) is 36.0 Å². The molecule has 1 fully saturated rings. The van der Waals surface area contributed by atoms with Crippen LogP contribution in [0, 0.1) is 5.41 Å². The third-order valence-electron chi connectivity index (χ3n) is 3.62. The van der Waals surface area contributed by atoms with E-state index < -0.39 is 0 Å². The number of nitrogens with zero attached hydrogens (tertiary/aromatic N) is 1. The minimum Gasteiger partial charge on any atom is -0.342 e. The Hall–Kier alpha value is -0.580. The van der Waals surface area contributed by atoms with Crippen molar-refractivity contribution >= 4 is 28.8 Å². The molecule has 2 heterocycles. The van der Waals surface area contributed by atoms with Crippen LogP contribution in [-0.2, 0) is 11.3 Å². The molecular weight excluding hydrogens is 292 g/mol. The van der Waals surface area contributed by atoms with Crippen LogP contribution in [0.2, 0.25) is 4.34 Å². The zero-order chi connectivity index (χ0) is 14.8. The van der Waals surface area contributed by atoms with Gasteiger partial charge in [-0.15, -0.1) is 11.3 Å². The van der Waals surface area contributed by atoms with Gasteiger partial charge in [0.2, 0.25) is 5.91 Å². The van der Waals surface area contributed by atoms with E-state index >= 15 is 0 Å². The Kier molecular flexibility index (Phi) is 5.10. The lowest BCUT2D eigenvalue weighted by Gasteiger charge is -2.36. The SMILES string of the molecule is CC(C)(C)C(=O)N1CCC(NCc2ccc(Cl)s2)CC1. The lowest BCUT2D eigenvalue weighted by molar-refractivity contribution is -0.140. The summed E-state index contributed by atoms with van der Waals surface area (Å²) in [7, 11) is 0. The standard InChI is InChI=1S/C15H23ClN2OS/c1-15(2,3)14(19)18-8-6-11(7-9-18)17-10-12-4-5-13(16)20-12/h4-5,11,17H,6-10H2,1-3H3. The summed E-state index contributed by atoms with van der Waals surface area (Å²) in [6, 6.07) is 4.51. The molecule has 1 amide bonds. The summed E-state index contributed by atoms with van der Waals surface area (Å²) in [5.74, 6) is 0.265. The summed E-state index contributed by atoms with van der Waals surface area (Å²) in [4.78, 5) is 15.5. The Morgan fingerprint density at radius 2 is 2.05 bits per heavy atom. The molecule has 1 aromatic heterocycles. The molecule has 1 N–H and O–H groups in total. The number of likely N-dealkylation sites (tertiary alicyclic amines) is 1. The molecule has 112 valence electrons. The average Bonchev–Trinajstić information content (AvgIpc) is 2.81. The van der Waals surface area contributed by atoms with Crippen molar-refractivity contribution < 1.29 is 4.79 Å². The minimum absolute atomic E-state index is 0.265. The number of carbonyl (C=O) groups excluding carboxylic acids is 1. The number of nitrogens with one attached hydrogen (secondary N) is 1. The summed E-state index contributed by atoms with van der Waals surface area (Å²) in [5.41, 5.74) is -0.270. The fourth-order valence-electron chi connectivity index (χ4n) is 2.45. The molecule has 3 nitrogen and oxygen atoms in total. The van der Waals surface area contributed by atoms with Gasteiger partial charge in [0.15, 0.2) is 0 Å². The number of amides is 1. The highest BCUT2D eigenvalue weighted by Crippen LogP contribution is 2.23. The highest BCUT2D eigenvalue weighted by Gasteiger charge is 2.30.